The van der Waals surface area contributed by atoms with Gasteiger partial charge in [0.05, 0.1) is 25.9 Å². The van der Waals surface area contributed by atoms with Crippen molar-refractivity contribution in [1.82, 2.24) is 10.6 Å². The maximum atomic E-state index is 12.5. The van der Waals surface area contributed by atoms with Gasteiger partial charge in [0.2, 0.25) is 0 Å². The maximum Gasteiger partial charge on any atom is 0.387 e. The lowest BCUT2D eigenvalue weighted by Gasteiger charge is -2.16. The smallest absolute Gasteiger partial charge is 0.387 e. The van der Waals surface area contributed by atoms with Gasteiger partial charge in [-0.3, -0.25) is 0 Å². The molecule has 0 aromatic heterocycles. The van der Waals surface area contributed by atoms with Crippen LogP contribution in [0.25, 0.3) is 0 Å². The van der Waals surface area contributed by atoms with E-state index in [1.54, 1.807) is 18.2 Å². The van der Waals surface area contributed by atoms with E-state index in [1.807, 2.05) is 37.3 Å². The molecule has 1 unspecified atom stereocenters. The zero-order valence-corrected chi connectivity index (χ0v) is 19.1. The highest BCUT2D eigenvalue weighted by Crippen LogP contribution is 2.20. The number of benzene rings is 2. The fraction of sp³-hybridized carbons (Fsp3) is 0.381. The monoisotopic (exact) mass is 535 g/mol. The van der Waals surface area contributed by atoms with E-state index in [2.05, 4.69) is 20.4 Å². The summed E-state index contributed by atoms with van der Waals surface area (Å²) in [6, 6.07) is 16.2. The van der Waals surface area contributed by atoms with Gasteiger partial charge in [-0.05, 0) is 18.6 Å². The SMILES string of the molecule is CCNC(=NCc1ccccc1OC(F)F)NCC(O)COCc1ccccc1.I. The molecule has 2 rings (SSSR count). The average molecular weight is 535 g/mol. The van der Waals surface area contributed by atoms with E-state index < -0.39 is 12.7 Å². The van der Waals surface area contributed by atoms with Crippen molar-refractivity contribution in [3.05, 3.63) is 65.7 Å². The van der Waals surface area contributed by atoms with E-state index in [9.17, 15) is 13.9 Å². The molecule has 0 aliphatic rings. The van der Waals surface area contributed by atoms with Gasteiger partial charge in [0.15, 0.2) is 5.96 Å². The molecule has 0 saturated carbocycles. The number of rotatable bonds is 11. The summed E-state index contributed by atoms with van der Waals surface area (Å²) in [5, 5.41) is 16.2. The Hall–Kier alpha value is -1.98. The van der Waals surface area contributed by atoms with Crippen LogP contribution >= 0.6 is 24.0 Å². The zero-order valence-electron chi connectivity index (χ0n) is 16.8. The molecule has 1 atom stereocenters. The lowest BCUT2D eigenvalue weighted by atomic mass is 10.2. The molecule has 0 bridgehead atoms. The second-order valence-electron chi connectivity index (χ2n) is 6.22. The first-order chi connectivity index (χ1) is 14.1. The molecule has 0 heterocycles. The Balaban J connectivity index is 0.00000450. The van der Waals surface area contributed by atoms with Gasteiger partial charge in [0, 0.05) is 18.7 Å². The first kappa shape index (κ1) is 26.1. The van der Waals surface area contributed by atoms with Gasteiger partial charge in [0.25, 0.3) is 0 Å². The molecule has 166 valence electrons. The average Bonchev–Trinajstić information content (AvgIpc) is 2.71. The summed E-state index contributed by atoms with van der Waals surface area (Å²) in [6.07, 6.45) is -0.725. The van der Waals surface area contributed by atoms with Gasteiger partial charge in [0.1, 0.15) is 5.75 Å². The van der Waals surface area contributed by atoms with Crippen molar-refractivity contribution in [3.8, 4) is 5.75 Å². The summed E-state index contributed by atoms with van der Waals surface area (Å²) in [5.41, 5.74) is 1.57. The van der Waals surface area contributed by atoms with E-state index in [1.165, 1.54) is 6.07 Å². The maximum absolute atomic E-state index is 12.5. The predicted octanol–water partition coefficient (Wildman–Crippen LogP) is 3.54. The number of ether oxygens (including phenoxy) is 2. The minimum Gasteiger partial charge on any atom is -0.434 e. The third-order valence-corrected chi connectivity index (χ3v) is 3.87. The van der Waals surface area contributed by atoms with Crippen LogP contribution in [0.5, 0.6) is 5.75 Å². The number of alkyl halides is 2. The van der Waals surface area contributed by atoms with Gasteiger partial charge >= 0.3 is 6.61 Å². The van der Waals surface area contributed by atoms with E-state index in [0.29, 0.717) is 24.7 Å². The number of guanidine groups is 1. The van der Waals surface area contributed by atoms with E-state index in [-0.39, 0.29) is 49.4 Å². The second kappa shape index (κ2) is 14.9. The van der Waals surface area contributed by atoms with Crippen LogP contribution in [0, 0.1) is 0 Å². The number of halogens is 3. The van der Waals surface area contributed by atoms with Crippen LogP contribution in [0.4, 0.5) is 8.78 Å². The number of aliphatic hydroxyl groups excluding tert-OH is 1. The van der Waals surface area contributed by atoms with Crippen molar-refractivity contribution in [1.29, 1.82) is 0 Å². The molecule has 0 aliphatic carbocycles. The van der Waals surface area contributed by atoms with Crippen molar-refractivity contribution < 1.29 is 23.4 Å². The molecular weight excluding hydrogens is 507 g/mol. The van der Waals surface area contributed by atoms with Crippen LogP contribution < -0.4 is 15.4 Å². The van der Waals surface area contributed by atoms with Crippen LogP contribution in [0.15, 0.2) is 59.6 Å². The van der Waals surface area contributed by atoms with Gasteiger partial charge < -0.3 is 25.2 Å². The Morgan fingerprint density at radius 3 is 2.47 bits per heavy atom. The number of para-hydroxylation sites is 1. The Morgan fingerprint density at radius 2 is 1.77 bits per heavy atom. The molecule has 0 saturated heterocycles. The van der Waals surface area contributed by atoms with E-state index >= 15 is 0 Å². The van der Waals surface area contributed by atoms with E-state index in [0.717, 1.165) is 5.56 Å². The quantitative estimate of drug-likeness (QED) is 0.233. The van der Waals surface area contributed by atoms with Crippen LogP contribution in [0.3, 0.4) is 0 Å². The van der Waals surface area contributed by atoms with Gasteiger partial charge in [-0.15, -0.1) is 24.0 Å². The molecule has 0 spiro atoms. The first-order valence-corrected chi connectivity index (χ1v) is 9.43. The second-order valence-corrected chi connectivity index (χ2v) is 6.22. The number of nitrogens with one attached hydrogen (secondary N) is 2. The molecule has 0 aliphatic heterocycles. The summed E-state index contributed by atoms with van der Waals surface area (Å²) in [6.45, 7) is 0.609. The van der Waals surface area contributed by atoms with Crippen molar-refractivity contribution in [2.75, 3.05) is 19.7 Å². The predicted molar refractivity (Wildman–Crippen MR) is 123 cm³/mol. The third kappa shape index (κ3) is 10.2. The molecule has 2 aromatic carbocycles. The van der Waals surface area contributed by atoms with Crippen molar-refractivity contribution in [2.24, 2.45) is 4.99 Å². The van der Waals surface area contributed by atoms with Crippen LogP contribution in [-0.2, 0) is 17.9 Å². The molecule has 6 nitrogen and oxygen atoms in total. The molecule has 0 fully saturated rings. The summed E-state index contributed by atoms with van der Waals surface area (Å²) >= 11 is 0. The van der Waals surface area contributed by atoms with E-state index in [4.69, 9.17) is 4.74 Å². The van der Waals surface area contributed by atoms with Crippen LogP contribution in [0.1, 0.15) is 18.1 Å². The fourth-order valence-electron chi connectivity index (χ4n) is 2.51. The largest absolute Gasteiger partial charge is 0.434 e. The topological polar surface area (TPSA) is 75.1 Å². The Bertz CT molecular complexity index is 751. The normalized spacial score (nSPS) is 12.2. The Morgan fingerprint density at radius 1 is 1.07 bits per heavy atom. The summed E-state index contributed by atoms with van der Waals surface area (Å²) in [4.78, 5) is 4.37. The fourth-order valence-corrected chi connectivity index (χ4v) is 2.51. The lowest BCUT2D eigenvalue weighted by molar-refractivity contribution is -0.0504. The molecule has 30 heavy (non-hydrogen) atoms. The Labute approximate surface area is 192 Å². The number of aliphatic imine (C=N–C) groups is 1. The molecule has 0 amide bonds. The first-order valence-electron chi connectivity index (χ1n) is 9.43. The van der Waals surface area contributed by atoms with Crippen molar-refractivity contribution in [3.63, 3.8) is 0 Å². The highest BCUT2D eigenvalue weighted by atomic mass is 127. The number of hydrogen-bond acceptors (Lipinski definition) is 4. The minimum absolute atomic E-state index is 0. The minimum atomic E-state index is -2.89. The lowest BCUT2D eigenvalue weighted by Crippen LogP contribution is -2.42. The third-order valence-electron chi connectivity index (χ3n) is 3.87. The number of aliphatic hydroxyl groups is 1. The summed E-state index contributed by atoms with van der Waals surface area (Å²) < 4.78 is 35.1. The van der Waals surface area contributed by atoms with Crippen LogP contribution in [-0.4, -0.2) is 43.5 Å². The summed E-state index contributed by atoms with van der Waals surface area (Å²) in [5.74, 6) is 0.554. The van der Waals surface area contributed by atoms with Crippen molar-refractivity contribution in [2.45, 2.75) is 32.8 Å². The number of hydrogen-bond donors (Lipinski definition) is 3. The Kier molecular flexibility index (Phi) is 13.0. The summed E-state index contributed by atoms with van der Waals surface area (Å²) in [7, 11) is 0. The van der Waals surface area contributed by atoms with Gasteiger partial charge in [-0.2, -0.15) is 8.78 Å². The zero-order chi connectivity index (χ0) is 20.9. The molecule has 3 N–H and O–H groups in total. The highest BCUT2D eigenvalue weighted by Gasteiger charge is 2.10. The van der Waals surface area contributed by atoms with Crippen LogP contribution in [0.2, 0.25) is 0 Å². The highest BCUT2D eigenvalue weighted by molar-refractivity contribution is 14.0. The standard InChI is InChI=1S/C21H27F2N3O3.HI/c1-2-24-21(25-12-17-10-6-7-11-19(17)29-20(22)23)26-13-18(27)15-28-14-16-8-4-3-5-9-16;/h3-11,18,20,27H,2,12-15H2,1H3,(H2,24,25,26);1H. The molecule has 0 radical (unpaired) electrons. The van der Waals surface area contributed by atoms with Crippen molar-refractivity contribution >= 4 is 29.9 Å². The molecule has 9 heteroatoms. The molecular formula is C21H28F2IN3O3. The van der Waals surface area contributed by atoms with Gasteiger partial charge in [-0.1, -0.05) is 48.5 Å². The number of nitrogens with zero attached hydrogens (tertiary/aromatic N) is 1. The molecule has 2 aromatic rings. The van der Waals surface area contributed by atoms with Gasteiger partial charge in [-0.25, -0.2) is 4.99 Å².